The highest BCUT2D eigenvalue weighted by molar-refractivity contribution is 5.91. The molecule has 0 aliphatic carbocycles. The molecule has 0 fully saturated rings. The Bertz CT molecular complexity index is 695. The van der Waals surface area contributed by atoms with Crippen molar-refractivity contribution in [2.45, 2.75) is 32.6 Å². The summed E-state index contributed by atoms with van der Waals surface area (Å²) in [6, 6.07) is 14.0. The number of carbonyl (C=O) groups is 1. The molecule has 4 nitrogen and oxygen atoms in total. The summed E-state index contributed by atoms with van der Waals surface area (Å²) in [5, 5.41) is 2.93. The third kappa shape index (κ3) is 4.28. The molecule has 1 aliphatic heterocycles. The van der Waals surface area contributed by atoms with E-state index in [4.69, 9.17) is 9.47 Å². The Kier molecular flexibility index (Phi) is 5.36. The van der Waals surface area contributed by atoms with Gasteiger partial charge in [0.1, 0.15) is 0 Å². The molecule has 2 aromatic carbocycles. The first-order valence-corrected chi connectivity index (χ1v) is 8.52. The van der Waals surface area contributed by atoms with Gasteiger partial charge in [-0.25, -0.2) is 0 Å². The highest BCUT2D eigenvalue weighted by Crippen LogP contribution is 2.32. The van der Waals surface area contributed by atoms with Gasteiger partial charge in [0.15, 0.2) is 11.5 Å². The molecule has 0 bridgehead atoms. The second kappa shape index (κ2) is 7.86. The molecule has 0 saturated heterocycles. The first-order chi connectivity index (χ1) is 11.7. The fourth-order valence-electron chi connectivity index (χ4n) is 2.66. The molecule has 3 rings (SSSR count). The summed E-state index contributed by atoms with van der Waals surface area (Å²) in [6.45, 7) is 3.44. The fourth-order valence-corrected chi connectivity index (χ4v) is 2.66. The van der Waals surface area contributed by atoms with Crippen molar-refractivity contribution < 1.29 is 14.3 Å². The summed E-state index contributed by atoms with van der Waals surface area (Å²) in [6.07, 6.45) is 3.10. The molecule has 0 spiro atoms. The predicted molar refractivity (Wildman–Crippen MR) is 94.8 cm³/mol. The van der Waals surface area contributed by atoms with Gasteiger partial charge in [0.05, 0.1) is 13.2 Å². The van der Waals surface area contributed by atoms with E-state index in [1.54, 1.807) is 0 Å². The van der Waals surface area contributed by atoms with Crippen LogP contribution in [-0.2, 0) is 17.6 Å². The quantitative estimate of drug-likeness (QED) is 0.904. The van der Waals surface area contributed by atoms with Crippen LogP contribution in [0.2, 0.25) is 0 Å². The second-order valence-corrected chi connectivity index (χ2v) is 5.93. The van der Waals surface area contributed by atoms with Gasteiger partial charge >= 0.3 is 0 Å². The Hall–Kier alpha value is -2.49. The largest absolute Gasteiger partial charge is 0.490 e. The van der Waals surface area contributed by atoms with Gasteiger partial charge in [0, 0.05) is 24.6 Å². The molecule has 126 valence electrons. The van der Waals surface area contributed by atoms with Crippen molar-refractivity contribution in [1.82, 2.24) is 0 Å². The maximum atomic E-state index is 12.2. The summed E-state index contributed by atoms with van der Waals surface area (Å²) in [4.78, 5) is 12.2. The molecular weight excluding hydrogens is 302 g/mol. The zero-order chi connectivity index (χ0) is 16.8. The van der Waals surface area contributed by atoms with Gasteiger partial charge in [-0.15, -0.1) is 0 Å². The van der Waals surface area contributed by atoms with Crippen molar-refractivity contribution in [3.63, 3.8) is 0 Å². The molecule has 24 heavy (non-hydrogen) atoms. The Morgan fingerprint density at radius 2 is 1.71 bits per heavy atom. The first-order valence-electron chi connectivity index (χ1n) is 8.52. The smallest absolute Gasteiger partial charge is 0.224 e. The van der Waals surface area contributed by atoms with Crippen LogP contribution in [-0.4, -0.2) is 19.1 Å². The van der Waals surface area contributed by atoms with Crippen molar-refractivity contribution >= 4 is 11.6 Å². The van der Waals surface area contributed by atoms with E-state index in [9.17, 15) is 4.79 Å². The molecule has 4 heteroatoms. The minimum absolute atomic E-state index is 0.00376. The number of benzene rings is 2. The van der Waals surface area contributed by atoms with Gasteiger partial charge in [0.2, 0.25) is 5.91 Å². The molecular formula is C20H23NO3. The van der Waals surface area contributed by atoms with Crippen LogP contribution >= 0.6 is 0 Å². The number of hydrogen-bond acceptors (Lipinski definition) is 3. The Balaban J connectivity index is 1.55. The number of hydrogen-bond donors (Lipinski definition) is 1. The summed E-state index contributed by atoms with van der Waals surface area (Å²) in [5.41, 5.74) is 3.24. The average Bonchev–Trinajstić information content (AvgIpc) is 2.85. The molecule has 0 atom stereocenters. The molecule has 0 saturated carbocycles. The standard InChI is InChI=1S/C20H23NO3/c1-2-15-4-6-16(7-5-15)8-11-20(22)21-17-9-10-18-19(14-17)24-13-3-12-23-18/h4-7,9-10,14H,2-3,8,11-13H2,1H3,(H,21,22). The number of anilines is 1. The Morgan fingerprint density at radius 3 is 2.46 bits per heavy atom. The lowest BCUT2D eigenvalue weighted by molar-refractivity contribution is -0.116. The SMILES string of the molecule is CCc1ccc(CCC(=O)Nc2ccc3c(c2)OCCCO3)cc1. The van der Waals surface area contributed by atoms with Gasteiger partial charge in [-0.3, -0.25) is 4.79 Å². The lowest BCUT2D eigenvalue weighted by Gasteiger charge is -2.10. The predicted octanol–water partition coefficient (Wildman–Crippen LogP) is 3.98. The topological polar surface area (TPSA) is 47.6 Å². The third-order valence-electron chi connectivity index (χ3n) is 4.10. The van der Waals surface area contributed by atoms with E-state index in [0.717, 1.165) is 30.7 Å². The molecule has 0 aromatic heterocycles. The molecule has 1 heterocycles. The molecule has 0 radical (unpaired) electrons. The van der Waals surface area contributed by atoms with Crippen LogP contribution in [0, 0.1) is 0 Å². The van der Waals surface area contributed by atoms with Crippen LogP contribution < -0.4 is 14.8 Å². The average molecular weight is 325 g/mol. The molecule has 0 unspecified atom stereocenters. The maximum Gasteiger partial charge on any atom is 0.224 e. The Morgan fingerprint density at radius 1 is 1.00 bits per heavy atom. The van der Waals surface area contributed by atoms with Crippen LogP contribution in [0.1, 0.15) is 30.9 Å². The van der Waals surface area contributed by atoms with Crippen LogP contribution in [0.3, 0.4) is 0 Å². The minimum atomic E-state index is 0.00376. The zero-order valence-electron chi connectivity index (χ0n) is 14.0. The van der Waals surface area contributed by atoms with Crippen LogP contribution in [0.4, 0.5) is 5.69 Å². The van der Waals surface area contributed by atoms with Crippen molar-refractivity contribution in [2.24, 2.45) is 0 Å². The van der Waals surface area contributed by atoms with Gasteiger partial charge in [-0.05, 0) is 36.1 Å². The lowest BCUT2D eigenvalue weighted by Crippen LogP contribution is -2.12. The number of fused-ring (bicyclic) bond motifs is 1. The summed E-state index contributed by atoms with van der Waals surface area (Å²) >= 11 is 0. The van der Waals surface area contributed by atoms with E-state index in [1.165, 1.54) is 11.1 Å². The second-order valence-electron chi connectivity index (χ2n) is 5.93. The van der Waals surface area contributed by atoms with Crippen LogP contribution in [0.25, 0.3) is 0 Å². The summed E-state index contributed by atoms with van der Waals surface area (Å²) in [5.74, 6) is 1.44. The van der Waals surface area contributed by atoms with Gasteiger partial charge in [0.25, 0.3) is 0 Å². The van der Waals surface area contributed by atoms with Crippen LogP contribution in [0.15, 0.2) is 42.5 Å². The van der Waals surface area contributed by atoms with Crippen LogP contribution in [0.5, 0.6) is 11.5 Å². The normalized spacial score (nSPS) is 13.2. The highest BCUT2D eigenvalue weighted by Gasteiger charge is 2.12. The number of ether oxygens (including phenoxy) is 2. The van der Waals surface area contributed by atoms with E-state index in [0.29, 0.717) is 25.4 Å². The van der Waals surface area contributed by atoms with E-state index in [2.05, 4.69) is 36.5 Å². The zero-order valence-corrected chi connectivity index (χ0v) is 14.0. The highest BCUT2D eigenvalue weighted by atomic mass is 16.5. The lowest BCUT2D eigenvalue weighted by atomic mass is 10.1. The van der Waals surface area contributed by atoms with Gasteiger partial charge < -0.3 is 14.8 Å². The minimum Gasteiger partial charge on any atom is -0.490 e. The molecule has 1 amide bonds. The van der Waals surface area contributed by atoms with Gasteiger partial charge in [-0.1, -0.05) is 31.2 Å². The number of rotatable bonds is 5. The fraction of sp³-hybridized carbons (Fsp3) is 0.350. The monoisotopic (exact) mass is 325 g/mol. The van der Waals surface area contributed by atoms with E-state index < -0.39 is 0 Å². The number of aryl methyl sites for hydroxylation is 2. The van der Waals surface area contributed by atoms with Crippen molar-refractivity contribution in [1.29, 1.82) is 0 Å². The number of nitrogens with one attached hydrogen (secondary N) is 1. The molecule has 1 aliphatic rings. The summed E-state index contributed by atoms with van der Waals surface area (Å²) < 4.78 is 11.2. The third-order valence-corrected chi connectivity index (χ3v) is 4.10. The Labute approximate surface area is 142 Å². The van der Waals surface area contributed by atoms with E-state index in [1.807, 2.05) is 18.2 Å². The van der Waals surface area contributed by atoms with Gasteiger partial charge in [-0.2, -0.15) is 0 Å². The van der Waals surface area contributed by atoms with Crippen molar-refractivity contribution in [2.75, 3.05) is 18.5 Å². The first kappa shape index (κ1) is 16.4. The van der Waals surface area contributed by atoms with Crippen molar-refractivity contribution in [3.8, 4) is 11.5 Å². The van der Waals surface area contributed by atoms with Crippen molar-refractivity contribution in [3.05, 3.63) is 53.6 Å². The molecule has 2 aromatic rings. The summed E-state index contributed by atoms with van der Waals surface area (Å²) in [7, 11) is 0. The van der Waals surface area contributed by atoms with E-state index in [-0.39, 0.29) is 5.91 Å². The maximum absolute atomic E-state index is 12.2. The molecule has 1 N–H and O–H groups in total. The number of amides is 1. The number of carbonyl (C=O) groups excluding carboxylic acids is 1. The van der Waals surface area contributed by atoms with E-state index >= 15 is 0 Å².